The lowest BCUT2D eigenvalue weighted by Gasteiger charge is -2.34. The SMILES string of the molecule is CC(C)N[C@@](C)(CCC/C=C/CCC[C@](C)(NC(=O)[C@H](CCC(N)=O)CC[C@H](N)[C@@H](C)O)C(=O)C(C)C)C(=O)N[C@H](C(=O)N[C@H](C(=O)C(C)C)[C@@H](C)O)C(C)C. The summed E-state index contributed by atoms with van der Waals surface area (Å²) in [5, 5.41) is 31.9. The summed E-state index contributed by atoms with van der Waals surface area (Å²) in [6.07, 6.45) is 6.65. The second-order valence-corrected chi connectivity index (χ2v) is 17.4. The number of primary amides is 1. The zero-order valence-electron chi connectivity index (χ0n) is 36.5. The van der Waals surface area contributed by atoms with Crippen molar-refractivity contribution in [3.63, 3.8) is 0 Å². The molecule has 0 fully saturated rings. The smallest absolute Gasteiger partial charge is 0.243 e. The molecular weight excluding hydrogens is 716 g/mol. The number of aliphatic hydroxyl groups is 2. The van der Waals surface area contributed by atoms with Gasteiger partial charge in [-0.3, -0.25) is 28.8 Å². The van der Waals surface area contributed by atoms with E-state index in [4.69, 9.17) is 11.5 Å². The Balaban J connectivity index is 5.59. The first-order valence-corrected chi connectivity index (χ1v) is 20.6. The van der Waals surface area contributed by atoms with Crippen LogP contribution in [0.1, 0.15) is 147 Å². The molecule has 10 N–H and O–H groups in total. The van der Waals surface area contributed by atoms with Gasteiger partial charge in [0.15, 0.2) is 11.6 Å². The Labute approximate surface area is 336 Å². The minimum absolute atomic E-state index is 0.0154. The Morgan fingerprint density at radius 1 is 0.679 bits per heavy atom. The number of carbonyl (C=O) groups is 6. The van der Waals surface area contributed by atoms with E-state index in [1.54, 1.807) is 55.4 Å². The van der Waals surface area contributed by atoms with Crippen LogP contribution in [0.5, 0.6) is 0 Å². The van der Waals surface area contributed by atoms with Gasteiger partial charge in [-0.05, 0) is 105 Å². The fourth-order valence-corrected chi connectivity index (χ4v) is 6.75. The van der Waals surface area contributed by atoms with Crippen LogP contribution < -0.4 is 32.7 Å². The summed E-state index contributed by atoms with van der Waals surface area (Å²) in [6, 6.07) is -2.57. The molecule has 0 aromatic carbocycles. The summed E-state index contributed by atoms with van der Waals surface area (Å²) in [6.45, 7) is 21.1. The van der Waals surface area contributed by atoms with Crippen molar-refractivity contribution in [3.05, 3.63) is 12.2 Å². The molecule has 0 bridgehead atoms. The number of nitrogens with two attached hydrogens (primary N) is 2. The second-order valence-electron chi connectivity index (χ2n) is 17.4. The normalized spacial score (nSPS) is 17.5. The highest BCUT2D eigenvalue weighted by Gasteiger charge is 2.39. The van der Waals surface area contributed by atoms with Gasteiger partial charge in [-0.15, -0.1) is 0 Å². The van der Waals surface area contributed by atoms with Crippen molar-refractivity contribution in [3.8, 4) is 0 Å². The lowest BCUT2D eigenvalue weighted by molar-refractivity contribution is -0.136. The molecule has 0 heterocycles. The Kier molecular flexibility index (Phi) is 23.8. The number of aliphatic hydroxyl groups excluding tert-OH is 2. The van der Waals surface area contributed by atoms with Gasteiger partial charge < -0.3 is 42.9 Å². The Bertz CT molecular complexity index is 1300. The van der Waals surface area contributed by atoms with E-state index in [1.807, 2.05) is 32.9 Å². The zero-order valence-corrected chi connectivity index (χ0v) is 36.5. The Morgan fingerprint density at radius 3 is 1.64 bits per heavy atom. The molecule has 4 amide bonds. The molecule has 0 aliphatic carbocycles. The second kappa shape index (κ2) is 25.2. The van der Waals surface area contributed by atoms with Gasteiger partial charge in [0.25, 0.3) is 0 Å². The maximum absolute atomic E-state index is 13.8. The highest BCUT2D eigenvalue weighted by atomic mass is 16.3. The number of ketones is 2. The zero-order chi connectivity index (χ0) is 43.6. The van der Waals surface area contributed by atoms with Crippen LogP contribution >= 0.6 is 0 Å². The number of unbranched alkanes of at least 4 members (excludes halogenated alkanes) is 2. The van der Waals surface area contributed by atoms with Gasteiger partial charge in [0.1, 0.15) is 12.1 Å². The molecule has 0 aliphatic heterocycles. The summed E-state index contributed by atoms with van der Waals surface area (Å²) in [4.78, 5) is 78.2. The highest BCUT2D eigenvalue weighted by molar-refractivity contribution is 5.96. The standard InChI is InChI=1S/C42H78N6O8/c1-25(2)34(39(55)45-35(30(10)50)36(52)26(3)4)46-40(56)42(12,47-28(7)8)24-18-16-14-13-15-17-23-41(11,37(53)27(5)6)48-38(54)31(20-22-33(44)51)19-21-32(43)29(9)49/h13-14,25-32,34-35,47,49-50H,15-24,43H2,1-12H3,(H2,44,51)(H,45,55)(H,46,56)(H,48,54)/b14-13+/t29-,30-,31+,32+,34+,35+,41+,42+/m1/s1. The third-order valence-electron chi connectivity index (χ3n) is 10.3. The van der Waals surface area contributed by atoms with Crippen LogP contribution in [-0.4, -0.2) is 92.9 Å². The summed E-state index contributed by atoms with van der Waals surface area (Å²) in [7, 11) is 0. The minimum Gasteiger partial charge on any atom is -0.392 e. The van der Waals surface area contributed by atoms with E-state index in [2.05, 4.69) is 21.3 Å². The van der Waals surface area contributed by atoms with Crippen molar-refractivity contribution in [1.82, 2.24) is 21.3 Å². The fraction of sp³-hybridized carbons (Fsp3) is 0.810. The molecular formula is C42H78N6O8. The molecule has 0 spiro atoms. The third kappa shape index (κ3) is 18.8. The minimum atomic E-state index is -1.12. The van der Waals surface area contributed by atoms with Crippen molar-refractivity contribution in [2.24, 2.45) is 35.1 Å². The van der Waals surface area contributed by atoms with Gasteiger partial charge in [-0.25, -0.2) is 0 Å². The van der Waals surface area contributed by atoms with Crippen LogP contribution in [0.3, 0.4) is 0 Å². The van der Waals surface area contributed by atoms with Crippen molar-refractivity contribution < 1.29 is 39.0 Å². The number of Topliss-reactive ketones (excluding diaryl/α,β-unsaturated/α-hetero) is 2. The predicted molar refractivity (Wildman–Crippen MR) is 221 cm³/mol. The van der Waals surface area contributed by atoms with Gasteiger partial charge in [-0.2, -0.15) is 0 Å². The largest absolute Gasteiger partial charge is 0.392 e. The average molecular weight is 795 g/mol. The first-order chi connectivity index (χ1) is 25.8. The van der Waals surface area contributed by atoms with Crippen molar-refractivity contribution >= 4 is 35.2 Å². The van der Waals surface area contributed by atoms with E-state index in [1.165, 1.54) is 6.92 Å². The van der Waals surface area contributed by atoms with E-state index in [0.29, 0.717) is 51.4 Å². The van der Waals surface area contributed by atoms with E-state index >= 15 is 0 Å². The van der Waals surface area contributed by atoms with E-state index < -0.39 is 65.1 Å². The quantitative estimate of drug-likeness (QED) is 0.0406. The first kappa shape index (κ1) is 52.8. The van der Waals surface area contributed by atoms with Gasteiger partial charge in [-0.1, -0.05) is 53.7 Å². The maximum Gasteiger partial charge on any atom is 0.243 e. The van der Waals surface area contributed by atoms with Crippen LogP contribution in [-0.2, 0) is 28.8 Å². The summed E-state index contributed by atoms with van der Waals surface area (Å²) >= 11 is 0. The molecule has 324 valence electrons. The number of hydrogen-bond donors (Lipinski definition) is 8. The maximum atomic E-state index is 13.8. The van der Waals surface area contributed by atoms with Crippen LogP contribution in [0, 0.1) is 23.7 Å². The highest BCUT2D eigenvalue weighted by Crippen LogP contribution is 2.24. The van der Waals surface area contributed by atoms with E-state index in [0.717, 1.165) is 0 Å². The molecule has 0 aliphatic rings. The molecule has 0 saturated heterocycles. The van der Waals surface area contributed by atoms with Crippen LogP contribution in [0.15, 0.2) is 12.2 Å². The van der Waals surface area contributed by atoms with Crippen LogP contribution in [0.4, 0.5) is 0 Å². The van der Waals surface area contributed by atoms with Gasteiger partial charge in [0.2, 0.25) is 23.6 Å². The third-order valence-corrected chi connectivity index (χ3v) is 10.3. The van der Waals surface area contributed by atoms with Crippen LogP contribution in [0.2, 0.25) is 0 Å². The number of carbonyl (C=O) groups excluding carboxylic acids is 6. The summed E-state index contributed by atoms with van der Waals surface area (Å²) < 4.78 is 0. The number of rotatable bonds is 29. The van der Waals surface area contributed by atoms with Gasteiger partial charge >= 0.3 is 0 Å². The molecule has 0 saturated carbocycles. The molecule has 8 atom stereocenters. The molecule has 14 heteroatoms. The Hall–Kier alpha value is -3.20. The topological polar surface area (TPSA) is 243 Å². The molecule has 0 aromatic heterocycles. The molecule has 56 heavy (non-hydrogen) atoms. The monoisotopic (exact) mass is 795 g/mol. The lowest BCUT2D eigenvalue weighted by Crippen LogP contribution is -2.63. The van der Waals surface area contributed by atoms with Crippen molar-refractivity contribution in [1.29, 1.82) is 0 Å². The number of nitrogens with one attached hydrogen (secondary N) is 4. The van der Waals surface area contributed by atoms with Crippen molar-refractivity contribution in [2.45, 2.75) is 195 Å². The number of allylic oxidation sites excluding steroid dienone is 2. The van der Waals surface area contributed by atoms with Crippen molar-refractivity contribution in [2.75, 3.05) is 0 Å². The molecule has 0 aromatic rings. The van der Waals surface area contributed by atoms with Gasteiger partial charge in [0.05, 0.1) is 23.3 Å². The van der Waals surface area contributed by atoms with Crippen LogP contribution in [0.25, 0.3) is 0 Å². The van der Waals surface area contributed by atoms with E-state index in [-0.39, 0.29) is 54.1 Å². The van der Waals surface area contributed by atoms with E-state index in [9.17, 15) is 39.0 Å². The molecule has 0 radical (unpaired) electrons. The average Bonchev–Trinajstić information content (AvgIpc) is 3.08. The fourth-order valence-electron chi connectivity index (χ4n) is 6.75. The van der Waals surface area contributed by atoms with Gasteiger partial charge in [0, 0.05) is 36.3 Å². The Morgan fingerprint density at radius 2 is 1.21 bits per heavy atom. The molecule has 0 unspecified atom stereocenters. The number of amides is 4. The molecule has 14 nitrogen and oxygen atoms in total. The number of hydrogen-bond acceptors (Lipinski definition) is 10. The summed E-state index contributed by atoms with van der Waals surface area (Å²) in [5.41, 5.74) is 9.24. The summed E-state index contributed by atoms with van der Waals surface area (Å²) in [5.74, 6) is -3.73. The predicted octanol–water partition coefficient (Wildman–Crippen LogP) is 3.34. The molecule has 0 rings (SSSR count). The first-order valence-electron chi connectivity index (χ1n) is 20.6. The lowest BCUT2D eigenvalue weighted by atomic mass is 9.83.